The summed E-state index contributed by atoms with van der Waals surface area (Å²) in [5.74, 6) is -0.230. The van der Waals surface area contributed by atoms with Crippen LogP contribution in [0.15, 0.2) is 0 Å². The zero-order valence-corrected chi connectivity index (χ0v) is 14.2. The van der Waals surface area contributed by atoms with E-state index in [0.29, 0.717) is 12.5 Å². The van der Waals surface area contributed by atoms with E-state index in [9.17, 15) is 9.59 Å². The molecule has 122 valence electrons. The normalized spacial score (nSPS) is 29.6. The van der Waals surface area contributed by atoms with Crippen molar-refractivity contribution in [3.63, 3.8) is 0 Å². The number of nitrogens with two attached hydrogens (primary N) is 1. The maximum Gasteiger partial charge on any atom is 0.310 e. The van der Waals surface area contributed by atoms with E-state index < -0.39 is 0 Å². The molecule has 0 aromatic rings. The first-order valence-corrected chi connectivity index (χ1v) is 7.71. The largest absolute Gasteiger partial charge is 0.469 e. The Labute approximate surface area is 128 Å². The number of nitrogens with zero attached hydrogens (tertiary/aromatic N) is 1. The first kappa shape index (κ1) is 18.0. The molecule has 5 nitrogen and oxygen atoms in total. The third-order valence-electron chi connectivity index (χ3n) is 5.33. The van der Waals surface area contributed by atoms with Gasteiger partial charge in [0, 0.05) is 25.6 Å². The Morgan fingerprint density at radius 3 is 2.48 bits per heavy atom. The third-order valence-corrected chi connectivity index (χ3v) is 5.33. The van der Waals surface area contributed by atoms with Crippen LogP contribution in [0.1, 0.15) is 40.5 Å². The van der Waals surface area contributed by atoms with E-state index >= 15 is 0 Å². The van der Waals surface area contributed by atoms with E-state index in [1.54, 1.807) is 18.9 Å². The van der Waals surface area contributed by atoms with Gasteiger partial charge in [-0.3, -0.25) is 9.59 Å². The van der Waals surface area contributed by atoms with Gasteiger partial charge in [-0.25, -0.2) is 0 Å². The van der Waals surface area contributed by atoms with Gasteiger partial charge in [-0.15, -0.1) is 0 Å². The first-order valence-electron chi connectivity index (χ1n) is 7.71. The lowest BCUT2D eigenvalue weighted by atomic mass is 9.60. The minimum absolute atomic E-state index is 0.0397. The zero-order chi connectivity index (χ0) is 16.4. The van der Waals surface area contributed by atoms with Gasteiger partial charge in [-0.2, -0.15) is 0 Å². The number of esters is 1. The molecule has 1 amide bonds. The molecule has 2 N–H and O–H groups in total. The highest BCUT2D eigenvalue weighted by Gasteiger charge is 2.45. The second kappa shape index (κ2) is 6.77. The molecule has 0 aromatic heterocycles. The fraction of sp³-hybridized carbons (Fsp3) is 0.875. The summed E-state index contributed by atoms with van der Waals surface area (Å²) in [6, 6.07) is 0.156. The number of amides is 1. The van der Waals surface area contributed by atoms with Crippen molar-refractivity contribution in [3.8, 4) is 0 Å². The van der Waals surface area contributed by atoms with Crippen molar-refractivity contribution in [2.45, 2.75) is 46.6 Å². The van der Waals surface area contributed by atoms with E-state index in [0.717, 1.165) is 12.8 Å². The molecule has 4 unspecified atom stereocenters. The molecule has 0 bridgehead atoms. The van der Waals surface area contributed by atoms with Crippen molar-refractivity contribution < 1.29 is 14.3 Å². The van der Waals surface area contributed by atoms with Crippen LogP contribution in [0.25, 0.3) is 0 Å². The second-order valence-electron chi connectivity index (χ2n) is 7.05. The maximum absolute atomic E-state index is 12.7. The van der Waals surface area contributed by atoms with Gasteiger partial charge >= 0.3 is 5.97 Å². The van der Waals surface area contributed by atoms with E-state index in [-0.39, 0.29) is 35.2 Å². The molecule has 1 aliphatic carbocycles. The number of carbonyl (C=O) groups excluding carboxylic acids is 2. The monoisotopic (exact) mass is 298 g/mol. The summed E-state index contributed by atoms with van der Waals surface area (Å²) in [5, 5.41) is 0. The van der Waals surface area contributed by atoms with E-state index in [1.807, 2.05) is 0 Å². The molecule has 0 aliphatic heterocycles. The van der Waals surface area contributed by atoms with Crippen molar-refractivity contribution in [3.05, 3.63) is 0 Å². The molecular weight excluding hydrogens is 268 g/mol. The van der Waals surface area contributed by atoms with Gasteiger partial charge in [0.15, 0.2) is 0 Å². The lowest BCUT2D eigenvalue weighted by Gasteiger charge is -2.47. The Hall–Kier alpha value is -1.10. The Bertz CT molecular complexity index is 395. The van der Waals surface area contributed by atoms with E-state index in [4.69, 9.17) is 10.5 Å². The average Bonchev–Trinajstić information content (AvgIpc) is 2.43. The highest BCUT2D eigenvalue weighted by atomic mass is 16.5. The molecule has 0 spiro atoms. The zero-order valence-electron chi connectivity index (χ0n) is 14.2. The number of rotatable bonds is 4. The molecular formula is C16H30N2O3. The summed E-state index contributed by atoms with van der Waals surface area (Å²) in [5.41, 5.74) is 6.02. The van der Waals surface area contributed by atoms with Gasteiger partial charge in [-0.05, 0) is 24.2 Å². The minimum atomic E-state index is -0.310. The van der Waals surface area contributed by atoms with Crippen molar-refractivity contribution in [2.24, 2.45) is 28.9 Å². The number of carbonyl (C=O) groups is 2. The summed E-state index contributed by atoms with van der Waals surface area (Å²) < 4.78 is 4.72. The van der Waals surface area contributed by atoms with Gasteiger partial charge < -0.3 is 15.4 Å². The lowest BCUT2D eigenvalue weighted by molar-refractivity contribution is -0.148. The van der Waals surface area contributed by atoms with Crippen molar-refractivity contribution in [1.29, 1.82) is 0 Å². The predicted octanol–water partition coefficient (Wildman–Crippen LogP) is 1.65. The van der Waals surface area contributed by atoms with Crippen LogP contribution in [-0.4, -0.2) is 43.5 Å². The number of ether oxygens (including phenoxy) is 1. The van der Waals surface area contributed by atoms with Gasteiger partial charge in [0.25, 0.3) is 0 Å². The minimum Gasteiger partial charge on any atom is -0.469 e. The summed E-state index contributed by atoms with van der Waals surface area (Å²) >= 11 is 0. The number of hydrogen-bond acceptors (Lipinski definition) is 4. The topological polar surface area (TPSA) is 72.6 Å². The maximum atomic E-state index is 12.7. The Morgan fingerprint density at radius 2 is 1.95 bits per heavy atom. The molecule has 0 saturated heterocycles. The Kier molecular flexibility index (Phi) is 5.79. The SMILES string of the molecule is COC(=O)C(C)CN(C)C(=O)C1CCC(N)C(C)C1(C)C. The molecule has 0 radical (unpaired) electrons. The highest BCUT2D eigenvalue weighted by Crippen LogP contribution is 2.45. The Morgan fingerprint density at radius 1 is 1.38 bits per heavy atom. The van der Waals surface area contributed by atoms with Crippen LogP contribution >= 0.6 is 0 Å². The predicted molar refractivity (Wildman–Crippen MR) is 82.5 cm³/mol. The van der Waals surface area contributed by atoms with Gasteiger partial charge in [0.05, 0.1) is 13.0 Å². The van der Waals surface area contributed by atoms with Crippen molar-refractivity contribution >= 4 is 11.9 Å². The second-order valence-corrected chi connectivity index (χ2v) is 7.05. The quantitative estimate of drug-likeness (QED) is 0.801. The molecule has 1 rings (SSSR count). The third kappa shape index (κ3) is 3.76. The molecule has 1 saturated carbocycles. The highest BCUT2D eigenvalue weighted by molar-refractivity contribution is 5.80. The van der Waals surface area contributed by atoms with Gasteiger partial charge in [0.2, 0.25) is 5.91 Å². The van der Waals surface area contributed by atoms with Crippen LogP contribution in [0.3, 0.4) is 0 Å². The summed E-state index contributed by atoms with van der Waals surface area (Å²) in [6.45, 7) is 8.54. The van der Waals surface area contributed by atoms with Crippen molar-refractivity contribution in [2.75, 3.05) is 20.7 Å². The standard InChI is InChI=1S/C16H30N2O3/c1-10(15(20)21-6)9-18(5)14(19)12-7-8-13(17)11(2)16(12,3)4/h10-13H,7-9,17H2,1-6H3. The fourth-order valence-corrected chi connectivity index (χ4v) is 3.33. The number of hydrogen-bond donors (Lipinski definition) is 1. The summed E-state index contributed by atoms with van der Waals surface area (Å²) in [7, 11) is 3.13. The van der Waals surface area contributed by atoms with Gasteiger partial charge in [0.1, 0.15) is 0 Å². The van der Waals surface area contributed by atoms with Crippen molar-refractivity contribution in [1.82, 2.24) is 4.90 Å². The van der Waals surface area contributed by atoms with Crippen LogP contribution in [0.2, 0.25) is 0 Å². The molecule has 0 aromatic carbocycles. The number of methoxy groups -OCH3 is 1. The Balaban J connectivity index is 2.76. The van der Waals surface area contributed by atoms with Crippen LogP contribution < -0.4 is 5.73 Å². The molecule has 21 heavy (non-hydrogen) atoms. The molecule has 1 fully saturated rings. The smallest absolute Gasteiger partial charge is 0.310 e. The van der Waals surface area contributed by atoms with E-state index in [2.05, 4.69) is 20.8 Å². The van der Waals surface area contributed by atoms with Crippen LogP contribution in [0.5, 0.6) is 0 Å². The first-order chi connectivity index (χ1) is 9.62. The van der Waals surface area contributed by atoms with Crippen LogP contribution in [0.4, 0.5) is 0 Å². The molecule has 4 atom stereocenters. The summed E-state index contributed by atoms with van der Waals surface area (Å²) in [6.07, 6.45) is 1.69. The van der Waals surface area contributed by atoms with Crippen LogP contribution in [-0.2, 0) is 14.3 Å². The molecule has 5 heteroatoms. The molecule has 1 aliphatic rings. The molecule has 0 heterocycles. The fourth-order valence-electron chi connectivity index (χ4n) is 3.33. The lowest BCUT2D eigenvalue weighted by Crippen LogP contribution is -2.52. The average molecular weight is 298 g/mol. The summed E-state index contributed by atoms with van der Waals surface area (Å²) in [4.78, 5) is 25.9. The van der Waals surface area contributed by atoms with Crippen LogP contribution in [0, 0.1) is 23.2 Å². The van der Waals surface area contributed by atoms with E-state index in [1.165, 1.54) is 7.11 Å². The van der Waals surface area contributed by atoms with Gasteiger partial charge in [-0.1, -0.05) is 27.7 Å².